The van der Waals surface area contributed by atoms with E-state index in [1.807, 2.05) is 0 Å². The summed E-state index contributed by atoms with van der Waals surface area (Å²) in [5.41, 5.74) is -0.0728. The predicted molar refractivity (Wildman–Crippen MR) is 90.6 cm³/mol. The third kappa shape index (κ3) is 3.73. The lowest BCUT2D eigenvalue weighted by atomic mass is 10.1. The van der Waals surface area contributed by atoms with E-state index in [0.29, 0.717) is 39.0 Å². The molecule has 0 aromatic heterocycles. The zero-order chi connectivity index (χ0) is 17.3. The van der Waals surface area contributed by atoms with Crippen LogP contribution in [0, 0.1) is 5.82 Å². The van der Waals surface area contributed by atoms with E-state index in [2.05, 4.69) is 4.90 Å². The number of nitrogens with zero attached hydrogens (tertiary/aromatic N) is 2. The number of halogens is 2. The maximum atomic E-state index is 13.9. The van der Waals surface area contributed by atoms with E-state index >= 15 is 0 Å². The lowest BCUT2D eigenvalue weighted by molar-refractivity contribution is 0.0554. The van der Waals surface area contributed by atoms with Crippen molar-refractivity contribution in [2.75, 3.05) is 37.7 Å². The highest BCUT2D eigenvalue weighted by Gasteiger charge is 2.32. The first-order valence-corrected chi connectivity index (χ1v) is 10.2. The Bertz CT molecular complexity index is 699. The summed E-state index contributed by atoms with van der Waals surface area (Å²) < 4.78 is 36.9. The molecular weight excluding hydrogens is 355 g/mol. The summed E-state index contributed by atoms with van der Waals surface area (Å²) >= 11 is 5.97. The van der Waals surface area contributed by atoms with Gasteiger partial charge in [-0.3, -0.25) is 9.69 Å². The average molecular weight is 375 g/mol. The fourth-order valence-corrected chi connectivity index (χ4v) is 5.10. The third-order valence-electron chi connectivity index (χ3n) is 4.82. The van der Waals surface area contributed by atoms with Gasteiger partial charge in [0.15, 0.2) is 0 Å². The van der Waals surface area contributed by atoms with Gasteiger partial charge in [-0.2, -0.15) is 0 Å². The van der Waals surface area contributed by atoms with Crippen molar-refractivity contribution in [1.29, 1.82) is 0 Å². The number of carbonyl (C=O) groups excluding carboxylic acids is 1. The van der Waals surface area contributed by atoms with Gasteiger partial charge >= 0.3 is 0 Å². The van der Waals surface area contributed by atoms with Gasteiger partial charge in [-0.05, 0) is 25.0 Å². The molecule has 3 rings (SSSR count). The molecule has 0 radical (unpaired) electrons. The van der Waals surface area contributed by atoms with Crippen molar-refractivity contribution in [3.8, 4) is 0 Å². The van der Waals surface area contributed by atoms with Crippen molar-refractivity contribution in [3.05, 3.63) is 34.6 Å². The standard InChI is InChI=1S/C16H20ClFN2O3S/c17-13-2-1-3-14(18)15(13)16(21)20-8-6-19(7-9-20)12-4-10-24(22,23)11-5-12/h1-3,12H,4-11H2. The molecule has 0 aliphatic carbocycles. The number of hydrogen-bond donors (Lipinski definition) is 0. The summed E-state index contributed by atoms with van der Waals surface area (Å²) in [6.07, 6.45) is 1.30. The summed E-state index contributed by atoms with van der Waals surface area (Å²) in [4.78, 5) is 16.4. The molecule has 1 aromatic rings. The number of amides is 1. The monoisotopic (exact) mass is 374 g/mol. The molecule has 2 heterocycles. The van der Waals surface area contributed by atoms with Gasteiger partial charge in [0.05, 0.1) is 22.1 Å². The Morgan fingerprint density at radius 3 is 2.33 bits per heavy atom. The fraction of sp³-hybridized carbons (Fsp3) is 0.562. The first-order valence-electron chi connectivity index (χ1n) is 8.05. The van der Waals surface area contributed by atoms with E-state index in [1.165, 1.54) is 18.2 Å². The van der Waals surface area contributed by atoms with Crippen LogP contribution in [0.4, 0.5) is 4.39 Å². The number of hydrogen-bond acceptors (Lipinski definition) is 4. The molecule has 24 heavy (non-hydrogen) atoms. The molecule has 0 spiro atoms. The second-order valence-electron chi connectivity index (χ2n) is 6.31. The van der Waals surface area contributed by atoms with Crippen LogP contribution in [-0.4, -0.2) is 67.9 Å². The van der Waals surface area contributed by atoms with Crippen LogP contribution in [0.3, 0.4) is 0 Å². The molecule has 0 unspecified atom stereocenters. The molecule has 5 nitrogen and oxygen atoms in total. The second kappa shape index (κ2) is 6.98. The highest BCUT2D eigenvalue weighted by Crippen LogP contribution is 2.23. The van der Waals surface area contributed by atoms with Crippen LogP contribution < -0.4 is 0 Å². The molecule has 1 amide bonds. The van der Waals surface area contributed by atoms with Crippen molar-refractivity contribution < 1.29 is 17.6 Å². The van der Waals surface area contributed by atoms with Gasteiger partial charge in [0.1, 0.15) is 15.7 Å². The number of rotatable bonds is 2. The molecule has 2 fully saturated rings. The van der Waals surface area contributed by atoms with Crippen molar-refractivity contribution in [2.24, 2.45) is 0 Å². The highest BCUT2D eigenvalue weighted by atomic mass is 35.5. The zero-order valence-corrected chi connectivity index (χ0v) is 14.8. The molecule has 2 saturated heterocycles. The largest absolute Gasteiger partial charge is 0.336 e. The van der Waals surface area contributed by atoms with E-state index in [-0.39, 0.29) is 34.0 Å². The van der Waals surface area contributed by atoms with Crippen LogP contribution in [-0.2, 0) is 9.84 Å². The first kappa shape index (κ1) is 17.6. The Labute approximate surface area is 146 Å². The van der Waals surface area contributed by atoms with E-state index in [0.717, 1.165) is 0 Å². The van der Waals surface area contributed by atoms with Crippen molar-refractivity contribution in [1.82, 2.24) is 9.80 Å². The zero-order valence-electron chi connectivity index (χ0n) is 13.2. The fourth-order valence-electron chi connectivity index (χ4n) is 3.39. The molecule has 132 valence electrons. The maximum absolute atomic E-state index is 13.9. The normalized spacial score (nSPS) is 22.5. The molecule has 0 N–H and O–H groups in total. The molecule has 8 heteroatoms. The molecule has 2 aliphatic rings. The first-order chi connectivity index (χ1) is 11.4. The van der Waals surface area contributed by atoms with Gasteiger partial charge in [-0.25, -0.2) is 12.8 Å². The summed E-state index contributed by atoms with van der Waals surface area (Å²) in [6, 6.07) is 4.47. The Hall–Kier alpha value is -1.18. The van der Waals surface area contributed by atoms with Gasteiger partial charge in [-0.1, -0.05) is 17.7 Å². The SMILES string of the molecule is O=C(c1c(F)cccc1Cl)N1CCN(C2CCS(=O)(=O)CC2)CC1. The minimum atomic E-state index is -2.87. The molecule has 0 atom stereocenters. The summed E-state index contributed by atoms with van der Waals surface area (Å²) in [5, 5.41) is 0.125. The van der Waals surface area contributed by atoms with Gasteiger partial charge in [-0.15, -0.1) is 0 Å². The van der Waals surface area contributed by atoms with Crippen LogP contribution in [0.25, 0.3) is 0 Å². The van der Waals surface area contributed by atoms with Crippen LogP contribution in [0.1, 0.15) is 23.2 Å². The van der Waals surface area contributed by atoms with Crippen LogP contribution >= 0.6 is 11.6 Å². The quantitative estimate of drug-likeness (QED) is 0.792. The minimum Gasteiger partial charge on any atom is -0.336 e. The number of sulfone groups is 1. The average Bonchev–Trinajstić information content (AvgIpc) is 2.55. The van der Waals surface area contributed by atoms with Gasteiger partial charge in [0.25, 0.3) is 5.91 Å². The Morgan fingerprint density at radius 2 is 1.75 bits per heavy atom. The van der Waals surface area contributed by atoms with Gasteiger partial charge in [0, 0.05) is 32.2 Å². The van der Waals surface area contributed by atoms with Crippen molar-refractivity contribution in [3.63, 3.8) is 0 Å². The maximum Gasteiger partial charge on any atom is 0.258 e. The molecule has 2 aliphatic heterocycles. The van der Waals surface area contributed by atoms with Crippen LogP contribution in [0.2, 0.25) is 5.02 Å². The van der Waals surface area contributed by atoms with Gasteiger partial charge in [0.2, 0.25) is 0 Å². The van der Waals surface area contributed by atoms with E-state index in [9.17, 15) is 17.6 Å². The topological polar surface area (TPSA) is 57.7 Å². The predicted octanol–water partition coefficient (Wildman–Crippen LogP) is 1.81. The molecule has 0 bridgehead atoms. The van der Waals surface area contributed by atoms with Gasteiger partial charge < -0.3 is 4.90 Å². The summed E-state index contributed by atoms with van der Waals surface area (Å²) in [7, 11) is -2.87. The number of piperazine rings is 1. The number of carbonyl (C=O) groups is 1. The Balaban J connectivity index is 1.60. The number of benzene rings is 1. The third-order valence-corrected chi connectivity index (χ3v) is 6.85. The van der Waals surface area contributed by atoms with Crippen molar-refractivity contribution >= 4 is 27.3 Å². The lowest BCUT2D eigenvalue weighted by Gasteiger charge is -2.40. The van der Waals surface area contributed by atoms with Crippen LogP contribution in [0.5, 0.6) is 0 Å². The second-order valence-corrected chi connectivity index (χ2v) is 9.02. The molecular formula is C16H20ClFN2O3S. The lowest BCUT2D eigenvalue weighted by Crippen LogP contribution is -2.53. The Morgan fingerprint density at radius 1 is 1.12 bits per heavy atom. The minimum absolute atomic E-state index is 0.0728. The molecule has 0 saturated carbocycles. The summed E-state index contributed by atoms with van der Waals surface area (Å²) in [6.45, 7) is 2.32. The highest BCUT2D eigenvalue weighted by molar-refractivity contribution is 7.91. The van der Waals surface area contributed by atoms with E-state index in [4.69, 9.17) is 11.6 Å². The summed E-state index contributed by atoms with van der Waals surface area (Å²) in [5.74, 6) is -0.514. The van der Waals surface area contributed by atoms with Crippen molar-refractivity contribution in [2.45, 2.75) is 18.9 Å². The smallest absolute Gasteiger partial charge is 0.258 e. The van der Waals surface area contributed by atoms with E-state index < -0.39 is 15.7 Å². The Kier molecular flexibility index (Phi) is 5.13. The van der Waals surface area contributed by atoms with E-state index in [1.54, 1.807) is 4.90 Å². The van der Waals surface area contributed by atoms with Crippen LogP contribution in [0.15, 0.2) is 18.2 Å². The molecule has 1 aromatic carbocycles.